The Labute approximate surface area is 179 Å². The van der Waals surface area contributed by atoms with Crippen LogP contribution in [0.5, 0.6) is 5.75 Å². The van der Waals surface area contributed by atoms with E-state index in [-0.39, 0.29) is 24.5 Å². The molecule has 2 aromatic rings. The summed E-state index contributed by atoms with van der Waals surface area (Å²) in [6.07, 6.45) is 6.77. The van der Waals surface area contributed by atoms with Crippen LogP contribution in [0.4, 0.5) is 4.39 Å². The number of rotatable bonds is 11. The van der Waals surface area contributed by atoms with Gasteiger partial charge in [0.2, 0.25) is 10.0 Å². The average molecular weight is 453 g/mol. The lowest BCUT2D eigenvalue weighted by Gasteiger charge is -2.16. The van der Waals surface area contributed by atoms with Gasteiger partial charge < -0.3 is 4.74 Å². The predicted octanol–water partition coefficient (Wildman–Crippen LogP) is 1.49. The molecule has 1 heterocycles. The number of hydrogen-bond acceptors (Lipinski definition) is 6. The molecule has 1 fully saturated rings. The molecule has 1 aromatic carbocycles. The Kier molecular flexibility index (Phi) is 7.39. The Balaban J connectivity index is 1.50. The van der Waals surface area contributed by atoms with Crippen LogP contribution in [0.1, 0.15) is 37.8 Å². The average Bonchev–Trinajstić information content (AvgIpc) is 3.52. The molecule has 9 nitrogen and oxygen atoms in total. The summed E-state index contributed by atoms with van der Waals surface area (Å²) >= 11 is 0. The maximum atomic E-state index is 13.9. The number of ether oxygens (including phenoxy) is 1. The van der Waals surface area contributed by atoms with E-state index in [0.29, 0.717) is 18.1 Å². The second kappa shape index (κ2) is 10.0. The topological polar surface area (TPSA) is 123 Å². The maximum absolute atomic E-state index is 13.9. The normalized spacial score (nSPS) is 15.3. The van der Waals surface area contributed by atoms with Crippen LogP contribution < -0.4 is 20.8 Å². The van der Waals surface area contributed by atoms with Gasteiger partial charge in [-0.05, 0) is 49.8 Å². The minimum atomic E-state index is -3.59. The molecule has 0 spiro atoms. The minimum Gasteiger partial charge on any atom is -0.490 e. The molecular formula is C20H25FN4O5S. The van der Waals surface area contributed by atoms with Crippen LogP contribution in [-0.4, -0.2) is 35.3 Å². The number of nitrogens with zero attached hydrogens (tertiary/aromatic N) is 2. The third-order valence-electron chi connectivity index (χ3n) is 4.79. The monoisotopic (exact) mass is 452 g/mol. The minimum absolute atomic E-state index is 0.130. The van der Waals surface area contributed by atoms with Gasteiger partial charge in [0.05, 0.1) is 12.4 Å². The Bertz CT molecular complexity index is 1150. The number of H-pyrrole nitrogens is 1. The van der Waals surface area contributed by atoms with Crippen LogP contribution in [-0.2, 0) is 16.6 Å². The first-order valence-corrected chi connectivity index (χ1v) is 11.6. The van der Waals surface area contributed by atoms with Crippen molar-refractivity contribution in [1.82, 2.24) is 19.3 Å². The molecule has 31 heavy (non-hydrogen) atoms. The molecular weight excluding hydrogens is 427 g/mol. The number of aromatic nitrogens is 3. The second-order valence-electron chi connectivity index (χ2n) is 7.49. The molecule has 168 valence electrons. The molecule has 11 heteroatoms. The quantitative estimate of drug-likeness (QED) is 0.498. The molecule has 1 saturated carbocycles. The molecule has 0 saturated heterocycles. The highest BCUT2D eigenvalue weighted by molar-refractivity contribution is 7.89. The molecule has 0 unspecified atom stereocenters. The lowest BCUT2D eigenvalue weighted by atomic mass is 10.1. The zero-order chi connectivity index (χ0) is 22.4. The van der Waals surface area contributed by atoms with Crippen LogP contribution in [0.15, 0.2) is 46.3 Å². The third kappa shape index (κ3) is 7.14. The van der Waals surface area contributed by atoms with Crippen molar-refractivity contribution < 1.29 is 17.5 Å². The molecule has 0 aliphatic heterocycles. The Morgan fingerprint density at radius 1 is 1.35 bits per heavy atom. The highest BCUT2D eigenvalue weighted by Gasteiger charge is 2.23. The maximum Gasteiger partial charge on any atom is 0.350 e. The SMILES string of the molecule is C[C@@H](NS(=O)(=O)CC/C=C/Cn1cnc(=O)[nH]c1=O)c1ccc(F)c(OCC2CC2)c1. The summed E-state index contributed by atoms with van der Waals surface area (Å²) in [5.74, 6) is -0.0170. The highest BCUT2D eigenvalue weighted by Crippen LogP contribution is 2.31. The van der Waals surface area contributed by atoms with Crippen LogP contribution in [0.2, 0.25) is 0 Å². The summed E-state index contributed by atoms with van der Waals surface area (Å²) in [6, 6.07) is 3.78. The van der Waals surface area contributed by atoms with Crippen molar-refractivity contribution in [3.8, 4) is 5.75 Å². The van der Waals surface area contributed by atoms with Crippen LogP contribution in [0.25, 0.3) is 0 Å². The lowest BCUT2D eigenvalue weighted by molar-refractivity contribution is 0.285. The predicted molar refractivity (Wildman–Crippen MR) is 113 cm³/mol. The Hall–Kier alpha value is -2.79. The van der Waals surface area contributed by atoms with E-state index in [1.807, 2.05) is 4.98 Å². The van der Waals surface area contributed by atoms with E-state index in [2.05, 4.69) is 9.71 Å². The molecule has 1 atom stereocenters. The van der Waals surface area contributed by atoms with Gasteiger partial charge in [-0.2, -0.15) is 4.98 Å². The van der Waals surface area contributed by atoms with Gasteiger partial charge in [-0.25, -0.2) is 27.1 Å². The third-order valence-corrected chi connectivity index (χ3v) is 6.28. The number of allylic oxidation sites excluding steroid dienone is 2. The number of sulfonamides is 1. The lowest BCUT2D eigenvalue weighted by Crippen LogP contribution is -2.30. The summed E-state index contributed by atoms with van der Waals surface area (Å²) < 4.78 is 47.9. The summed E-state index contributed by atoms with van der Waals surface area (Å²) in [4.78, 5) is 27.9. The Morgan fingerprint density at radius 2 is 2.13 bits per heavy atom. The van der Waals surface area contributed by atoms with E-state index in [1.165, 1.54) is 22.8 Å². The first-order valence-electron chi connectivity index (χ1n) is 9.96. The van der Waals surface area contributed by atoms with Crippen LogP contribution >= 0.6 is 0 Å². The second-order valence-corrected chi connectivity index (χ2v) is 9.37. The zero-order valence-corrected chi connectivity index (χ0v) is 17.9. The Morgan fingerprint density at radius 3 is 2.84 bits per heavy atom. The van der Waals surface area contributed by atoms with Crippen molar-refractivity contribution in [1.29, 1.82) is 0 Å². The van der Waals surface area contributed by atoms with E-state index in [0.717, 1.165) is 19.2 Å². The van der Waals surface area contributed by atoms with E-state index in [9.17, 15) is 22.4 Å². The smallest absolute Gasteiger partial charge is 0.350 e. The number of aromatic amines is 1. The molecule has 3 rings (SSSR count). The van der Waals surface area contributed by atoms with Gasteiger partial charge >= 0.3 is 11.4 Å². The van der Waals surface area contributed by atoms with Crippen molar-refractivity contribution in [2.45, 2.75) is 38.8 Å². The fourth-order valence-corrected chi connectivity index (χ4v) is 4.06. The molecule has 0 bridgehead atoms. The van der Waals surface area contributed by atoms with Gasteiger partial charge in [-0.1, -0.05) is 18.2 Å². The van der Waals surface area contributed by atoms with Gasteiger partial charge in [-0.15, -0.1) is 0 Å². The summed E-state index contributed by atoms with van der Waals surface area (Å²) in [5.41, 5.74) is -0.705. The number of halogens is 1. The van der Waals surface area contributed by atoms with E-state index >= 15 is 0 Å². The van der Waals surface area contributed by atoms with Gasteiger partial charge in [0.1, 0.15) is 6.33 Å². The van der Waals surface area contributed by atoms with E-state index in [4.69, 9.17) is 4.74 Å². The summed E-state index contributed by atoms with van der Waals surface area (Å²) in [6.45, 7) is 2.31. The van der Waals surface area contributed by atoms with Crippen molar-refractivity contribution in [2.24, 2.45) is 5.92 Å². The fourth-order valence-electron chi connectivity index (χ4n) is 2.82. The van der Waals surface area contributed by atoms with Crippen molar-refractivity contribution in [3.63, 3.8) is 0 Å². The number of nitrogens with one attached hydrogen (secondary N) is 2. The van der Waals surface area contributed by atoms with Gasteiger partial charge in [-0.3, -0.25) is 9.55 Å². The zero-order valence-electron chi connectivity index (χ0n) is 17.1. The van der Waals surface area contributed by atoms with Crippen LogP contribution in [0.3, 0.4) is 0 Å². The number of hydrogen-bond donors (Lipinski definition) is 2. The van der Waals surface area contributed by atoms with E-state index in [1.54, 1.807) is 19.1 Å². The largest absolute Gasteiger partial charge is 0.490 e. The van der Waals surface area contributed by atoms with Crippen molar-refractivity contribution >= 4 is 10.0 Å². The number of benzene rings is 1. The van der Waals surface area contributed by atoms with Crippen molar-refractivity contribution in [2.75, 3.05) is 12.4 Å². The van der Waals surface area contributed by atoms with E-state index < -0.39 is 33.3 Å². The first kappa shape index (κ1) is 22.9. The van der Waals surface area contributed by atoms with Gasteiger partial charge in [0.15, 0.2) is 11.6 Å². The molecule has 1 aromatic heterocycles. The molecule has 1 aliphatic carbocycles. The summed E-state index contributed by atoms with van der Waals surface area (Å²) in [7, 11) is -3.59. The molecule has 1 aliphatic rings. The summed E-state index contributed by atoms with van der Waals surface area (Å²) in [5, 5.41) is 0. The molecule has 2 N–H and O–H groups in total. The molecule has 0 amide bonds. The highest BCUT2D eigenvalue weighted by atomic mass is 32.2. The van der Waals surface area contributed by atoms with Gasteiger partial charge in [0.25, 0.3) is 0 Å². The van der Waals surface area contributed by atoms with Crippen molar-refractivity contribution in [3.05, 3.63) is 69.0 Å². The fraction of sp³-hybridized carbons (Fsp3) is 0.450. The first-order chi connectivity index (χ1) is 14.7. The standard InChI is InChI=1S/C20H25FN4O5S/c1-14(16-7-8-17(21)18(11-16)30-12-15-5-6-15)24-31(28,29)10-4-2-3-9-25-13-22-19(26)23-20(25)27/h2-3,7-8,11,13-15,24H,4-6,9-10,12H2,1H3,(H,23,26,27)/b3-2+/t14-/m1/s1. The molecule has 0 radical (unpaired) electrons. The van der Waals surface area contributed by atoms with Crippen LogP contribution in [0, 0.1) is 11.7 Å². The van der Waals surface area contributed by atoms with Gasteiger partial charge in [0, 0.05) is 12.6 Å².